The molecule has 1 heterocycles. The van der Waals surface area contributed by atoms with Gasteiger partial charge in [0.2, 0.25) is 0 Å². The van der Waals surface area contributed by atoms with Crippen LogP contribution >= 0.6 is 11.3 Å². The molecule has 0 bridgehead atoms. The van der Waals surface area contributed by atoms with Gasteiger partial charge in [0.15, 0.2) is 0 Å². The van der Waals surface area contributed by atoms with Crippen molar-refractivity contribution >= 4 is 11.3 Å². The highest BCUT2D eigenvalue weighted by molar-refractivity contribution is 7.09. The maximum atomic E-state index is 9.67. The Morgan fingerprint density at radius 3 is 3.07 bits per heavy atom. The van der Waals surface area contributed by atoms with Gasteiger partial charge < -0.3 is 5.11 Å². The normalized spacial score (nSPS) is 12.7. The summed E-state index contributed by atoms with van der Waals surface area (Å²) in [4.78, 5) is 4.32. The fourth-order valence-electron chi connectivity index (χ4n) is 1.30. The zero-order valence-electron chi connectivity index (χ0n) is 8.57. The molecular formula is C11H17NOS. The molecule has 0 aliphatic rings. The lowest BCUT2D eigenvalue weighted by atomic mass is 10.1. The zero-order chi connectivity index (χ0) is 10.4. The average Bonchev–Trinajstić information content (AvgIpc) is 2.52. The quantitative estimate of drug-likeness (QED) is 0.579. The molecule has 78 valence electrons. The molecule has 0 saturated carbocycles. The first-order valence-corrected chi connectivity index (χ1v) is 5.80. The molecule has 0 fully saturated rings. The highest BCUT2D eigenvalue weighted by atomic mass is 32.1. The van der Waals surface area contributed by atoms with Crippen molar-refractivity contribution in [3.8, 4) is 0 Å². The van der Waals surface area contributed by atoms with Gasteiger partial charge in [0.05, 0.1) is 11.1 Å². The van der Waals surface area contributed by atoms with Crippen LogP contribution in [0.2, 0.25) is 0 Å². The fraction of sp³-hybridized carbons (Fsp3) is 0.545. The molecular weight excluding hydrogens is 194 g/mol. The molecule has 0 aliphatic heterocycles. The van der Waals surface area contributed by atoms with Crippen molar-refractivity contribution < 1.29 is 5.11 Å². The van der Waals surface area contributed by atoms with Crippen LogP contribution in [0.4, 0.5) is 0 Å². The molecule has 0 spiro atoms. The van der Waals surface area contributed by atoms with E-state index in [9.17, 15) is 5.11 Å². The number of hydrogen-bond acceptors (Lipinski definition) is 3. The summed E-state index contributed by atoms with van der Waals surface area (Å²) in [6.45, 7) is 5.63. The van der Waals surface area contributed by atoms with Crippen molar-refractivity contribution in [2.45, 2.75) is 38.7 Å². The summed E-state index contributed by atoms with van der Waals surface area (Å²) in [6.07, 6.45) is 5.16. The third-order valence-corrected chi connectivity index (χ3v) is 3.01. The van der Waals surface area contributed by atoms with Gasteiger partial charge in [-0.1, -0.05) is 6.08 Å². The number of aliphatic hydroxyl groups is 1. The molecule has 0 amide bonds. The molecule has 0 aliphatic carbocycles. The van der Waals surface area contributed by atoms with Crippen molar-refractivity contribution in [1.29, 1.82) is 0 Å². The van der Waals surface area contributed by atoms with Gasteiger partial charge in [-0.15, -0.1) is 17.9 Å². The SMILES string of the molecule is C=CCCCC(O)Cc1nc(C)cs1. The van der Waals surface area contributed by atoms with Crippen LogP contribution in [0.3, 0.4) is 0 Å². The number of unbranched alkanes of at least 4 members (excludes halogenated alkanes) is 1. The van der Waals surface area contributed by atoms with Crippen LogP contribution in [0, 0.1) is 6.92 Å². The Bertz CT molecular complexity index is 283. The Kier molecular flexibility index (Phi) is 4.84. The maximum absolute atomic E-state index is 9.67. The number of nitrogens with zero attached hydrogens (tertiary/aromatic N) is 1. The van der Waals surface area contributed by atoms with E-state index in [2.05, 4.69) is 11.6 Å². The second-order valence-corrected chi connectivity index (χ2v) is 4.40. The molecule has 1 unspecified atom stereocenters. The standard InChI is InChI=1S/C11H17NOS/c1-3-4-5-6-10(13)7-11-12-9(2)8-14-11/h3,8,10,13H,1,4-7H2,2H3. The first-order chi connectivity index (χ1) is 6.72. The fourth-order valence-corrected chi connectivity index (χ4v) is 2.14. The molecule has 2 nitrogen and oxygen atoms in total. The molecule has 0 saturated heterocycles. The van der Waals surface area contributed by atoms with E-state index in [1.165, 1.54) is 0 Å². The largest absolute Gasteiger partial charge is 0.393 e. The number of aromatic nitrogens is 1. The summed E-state index contributed by atoms with van der Waals surface area (Å²) in [5.74, 6) is 0. The van der Waals surface area contributed by atoms with Crippen LogP contribution < -0.4 is 0 Å². The third kappa shape index (κ3) is 4.03. The van der Waals surface area contributed by atoms with E-state index in [0.717, 1.165) is 30.0 Å². The Morgan fingerprint density at radius 2 is 2.50 bits per heavy atom. The average molecular weight is 211 g/mol. The zero-order valence-corrected chi connectivity index (χ0v) is 9.39. The van der Waals surface area contributed by atoms with Crippen LogP contribution in [0.1, 0.15) is 30.0 Å². The first-order valence-electron chi connectivity index (χ1n) is 4.92. The number of rotatable bonds is 6. The minimum atomic E-state index is -0.250. The topological polar surface area (TPSA) is 33.1 Å². The van der Waals surface area contributed by atoms with Crippen molar-refractivity contribution in [2.24, 2.45) is 0 Å². The summed E-state index contributed by atoms with van der Waals surface area (Å²) < 4.78 is 0. The van der Waals surface area contributed by atoms with Crippen LogP contribution in [0.5, 0.6) is 0 Å². The molecule has 14 heavy (non-hydrogen) atoms. The van der Waals surface area contributed by atoms with Crippen LogP contribution in [-0.2, 0) is 6.42 Å². The Labute approximate surface area is 89.3 Å². The van der Waals surface area contributed by atoms with Gasteiger partial charge in [-0.2, -0.15) is 0 Å². The Hall–Kier alpha value is -0.670. The van der Waals surface area contributed by atoms with Gasteiger partial charge in [-0.05, 0) is 26.2 Å². The Morgan fingerprint density at radius 1 is 1.71 bits per heavy atom. The number of hydrogen-bond donors (Lipinski definition) is 1. The van der Waals surface area contributed by atoms with Gasteiger partial charge >= 0.3 is 0 Å². The summed E-state index contributed by atoms with van der Waals surface area (Å²) in [5, 5.41) is 12.7. The predicted molar refractivity (Wildman–Crippen MR) is 60.6 cm³/mol. The molecule has 0 radical (unpaired) electrons. The van der Waals surface area contributed by atoms with Gasteiger partial charge in [-0.25, -0.2) is 4.98 Å². The summed E-state index contributed by atoms with van der Waals surface area (Å²) in [6, 6.07) is 0. The van der Waals surface area contributed by atoms with Gasteiger partial charge in [0.1, 0.15) is 0 Å². The number of aliphatic hydroxyl groups excluding tert-OH is 1. The monoisotopic (exact) mass is 211 g/mol. The molecule has 1 aromatic rings. The van der Waals surface area contributed by atoms with Gasteiger partial charge in [0.25, 0.3) is 0 Å². The van der Waals surface area contributed by atoms with E-state index < -0.39 is 0 Å². The minimum Gasteiger partial charge on any atom is -0.393 e. The molecule has 1 aromatic heterocycles. The van der Waals surface area contributed by atoms with Gasteiger partial charge in [0, 0.05) is 17.5 Å². The van der Waals surface area contributed by atoms with Crippen molar-refractivity contribution in [3.63, 3.8) is 0 Å². The smallest absolute Gasteiger partial charge is 0.0953 e. The highest BCUT2D eigenvalue weighted by Crippen LogP contribution is 2.13. The molecule has 0 aromatic carbocycles. The van der Waals surface area contributed by atoms with Crippen molar-refractivity contribution in [2.75, 3.05) is 0 Å². The Balaban J connectivity index is 2.26. The maximum Gasteiger partial charge on any atom is 0.0953 e. The van der Waals surface area contributed by atoms with E-state index in [1.807, 2.05) is 18.4 Å². The lowest BCUT2D eigenvalue weighted by Gasteiger charge is -2.06. The minimum absolute atomic E-state index is 0.250. The van der Waals surface area contributed by atoms with Crippen LogP contribution in [0.15, 0.2) is 18.0 Å². The van der Waals surface area contributed by atoms with E-state index >= 15 is 0 Å². The van der Waals surface area contributed by atoms with E-state index in [-0.39, 0.29) is 6.10 Å². The number of thiazole rings is 1. The summed E-state index contributed by atoms with van der Waals surface area (Å²) >= 11 is 1.63. The molecule has 1 N–H and O–H groups in total. The summed E-state index contributed by atoms with van der Waals surface area (Å²) in [5.41, 5.74) is 1.04. The van der Waals surface area contributed by atoms with E-state index in [4.69, 9.17) is 0 Å². The third-order valence-electron chi connectivity index (χ3n) is 2.02. The predicted octanol–water partition coefficient (Wildman–Crippen LogP) is 2.71. The van der Waals surface area contributed by atoms with E-state index in [0.29, 0.717) is 6.42 Å². The highest BCUT2D eigenvalue weighted by Gasteiger charge is 2.07. The lowest BCUT2D eigenvalue weighted by Crippen LogP contribution is -2.09. The molecule has 1 atom stereocenters. The number of allylic oxidation sites excluding steroid dienone is 1. The van der Waals surface area contributed by atoms with Gasteiger partial charge in [-0.3, -0.25) is 0 Å². The second-order valence-electron chi connectivity index (χ2n) is 3.46. The molecule has 1 rings (SSSR count). The van der Waals surface area contributed by atoms with Crippen molar-refractivity contribution in [1.82, 2.24) is 4.98 Å². The molecule has 3 heteroatoms. The lowest BCUT2D eigenvalue weighted by molar-refractivity contribution is 0.162. The number of aryl methyl sites for hydroxylation is 1. The first kappa shape index (κ1) is 11.4. The second kappa shape index (κ2) is 5.94. The van der Waals surface area contributed by atoms with Crippen LogP contribution in [-0.4, -0.2) is 16.2 Å². The van der Waals surface area contributed by atoms with E-state index in [1.54, 1.807) is 11.3 Å². The van der Waals surface area contributed by atoms with Crippen LogP contribution in [0.25, 0.3) is 0 Å². The van der Waals surface area contributed by atoms with Crippen molar-refractivity contribution in [3.05, 3.63) is 28.7 Å². The summed E-state index contributed by atoms with van der Waals surface area (Å²) in [7, 11) is 0.